The van der Waals surface area contributed by atoms with E-state index in [0.29, 0.717) is 24.7 Å². The Kier molecular flexibility index (Phi) is 8.69. The monoisotopic (exact) mass is 314 g/mol. The van der Waals surface area contributed by atoms with Crippen LogP contribution in [0.1, 0.15) is 31.9 Å². The number of aliphatic hydroxyl groups excluding tert-OH is 1. The summed E-state index contributed by atoms with van der Waals surface area (Å²) in [5.74, 6) is 0. The second-order valence-corrected chi connectivity index (χ2v) is 5.50. The van der Waals surface area contributed by atoms with Gasteiger partial charge in [0.15, 0.2) is 0 Å². The van der Waals surface area contributed by atoms with Crippen molar-refractivity contribution < 1.29 is 9.84 Å². The Hall–Kier alpha value is -0.810. The first-order valence-electron chi connectivity index (χ1n) is 7.51. The smallest absolute Gasteiger partial charge is 0.0642 e. The van der Waals surface area contributed by atoms with Crippen molar-refractivity contribution in [1.29, 1.82) is 0 Å². The van der Waals surface area contributed by atoms with E-state index in [-0.39, 0.29) is 12.6 Å². The van der Waals surface area contributed by atoms with Gasteiger partial charge in [-0.05, 0) is 37.6 Å². The number of nitrogens with zero attached hydrogens (tertiary/aromatic N) is 1. The zero-order valence-electron chi connectivity index (χ0n) is 13.2. The second-order valence-electron chi connectivity index (χ2n) is 5.09. The Morgan fingerprint density at radius 2 is 2.14 bits per heavy atom. The van der Waals surface area contributed by atoms with E-state index in [0.717, 1.165) is 18.7 Å². The molecule has 120 valence electrons. The molecule has 5 heteroatoms. The molecular formula is C16H27ClN2O2. The zero-order valence-corrected chi connectivity index (χ0v) is 14.0. The van der Waals surface area contributed by atoms with Crippen molar-refractivity contribution in [3.05, 3.63) is 28.8 Å². The van der Waals surface area contributed by atoms with Gasteiger partial charge >= 0.3 is 0 Å². The number of methoxy groups -OCH3 is 1. The molecule has 0 aliphatic heterocycles. The van der Waals surface area contributed by atoms with E-state index in [1.165, 1.54) is 5.56 Å². The van der Waals surface area contributed by atoms with E-state index in [2.05, 4.69) is 25.2 Å². The van der Waals surface area contributed by atoms with E-state index in [1.807, 2.05) is 17.0 Å². The number of ether oxygens (including phenoxy) is 1. The Labute approximate surface area is 133 Å². The highest BCUT2D eigenvalue weighted by atomic mass is 35.5. The van der Waals surface area contributed by atoms with Gasteiger partial charge in [0.05, 0.1) is 23.9 Å². The summed E-state index contributed by atoms with van der Waals surface area (Å²) in [6.45, 7) is 7.23. The van der Waals surface area contributed by atoms with Gasteiger partial charge in [-0.25, -0.2) is 0 Å². The number of rotatable bonds is 10. The fourth-order valence-electron chi connectivity index (χ4n) is 2.20. The molecule has 1 unspecified atom stereocenters. The first kappa shape index (κ1) is 18.2. The van der Waals surface area contributed by atoms with Crippen LogP contribution in [0.5, 0.6) is 0 Å². The van der Waals surface area contributed by atoms with Crippen LogP contribution in [0.25, 0.3) is 0 Å². The highest BCUT2D eigenvalue weighted by Gasteiger charge is 2.12. The van der Waals surface area contributed by atoms with Gasteiger partial charge in [-0.1, -0.05) is 24.6 Å². The molecule has 0 saturated carbocycles. The van der Waals surface area contributed by atoms with Gasteiger partial charge < -0.3 is 20.1 Å². The Morgan fingerprint density at radius 3 is 2.71 bits per heavy atom. The Balaban J connectivity index is 2.83. The molecule has 2 N–H and O–H groups in total. The van der Waals surface area contributed by atoms with Gasteiger partial charge in [0.2, 0.25) is 0 Å². The molecule has 0 radical (unpaired) electrons. The number of hydrogen-bond acceptors (Lipinski definition) is 4. The molecule has 0 saturated heterocycles. The van der Waals surface area contributed by atoms with Crippen LogP contribution >= 0.6 is 11.6 Å². The lowest BCUT2D eigenvalue weighted by Crippen LogP contribution is -2.30. The fraction of sp³-hybridized carbons (Fsp3) is 0.625. The summed E-state index contributed by atoms with van der Waals surface area (Å²) in [5, 5.41) is 13.4. The van der Waals surface area contributed by atoms with E-state index in [4.69, 9.17) is 16.3 Å². The van der Waals surface area contributed by atoms with Crippen molar-refractivity contribution in [3.63, 3.8) is 0 Å². The molecular weight excluding hydrogens is 288 g/mol. The van der Waals surface area contributed by atoms with E-state index < -0.39 is 0 Å². The summed E-state index contributed by atoms with van der Waals surface area (Å²) < 4.78 is 5.11. The third-order valence-electron chi connectivity index (χ3n) is 3.45. The lowest BCUT2D eigenvalue weighted by molar-refractivity contribution is 0.203. The van der Waals surface area contributed by atoms with Crippen LogP contribution in [0.15, 0.2) is 18.2 Å². The van der Waals surface area contributed by atoms with Crippen LogP contribution in [-0.2, 0) is 4.74 Å². The summed E-state index contributed by atoms with van der Waals surface area (Å²) in [4.78, 5) is 2.04. The first-order valence-corrected chi connectivity index (χ1v) is 7.89. The Bertz CT molecular complexity index is 415. The van der Waals surface area contributed by atoms with Gasteiger partial charge in [0.1, 0.15) is 0 Å². The van der Waals surface area contributed by atoms with Crippen LogP contribution in [0.4, 0.5) is 5.69 Å². The molecule has 21 heavy (non-hydrogen) atoms. The number of hydrogen-bond donors (Lipinski definition) is 2. The van der Waals surface area contributed by atoms with Crippen LogP contribution in [0.3, 0.4) is 0 Å². The van der Waals surface area contributed by atoms with Gasteiger partial charge in [0.25, 0.3) is 0 Å². The normalized spacial score (nSPS) is 12.4. The van der Waals surface area contributed by atoms with Crippen LogP contribution in [-0.4, -0.2) is 45.1 Å². The molecule has 0 aliphatic carbocycles. The van der Waals surface area contributed by atoms with Crippen molar-refractivity contribution >= 4 is 17.3 Å². The maximum absolute atomic E-state index is 9.19. The van der Waals surface area contributed by atoms with Gasteiger partial charge in [-0.15, -0.1) is 0 Å². The number of benzene rings is 1. The molecule has 1 atom stereocenters. The number of nitrogens with one attached hydrogen (secondary N) is 1. The van der Waals surface area contributed by atoms with E-state index in [9.17, 15) is 5.11 Å². The summed E-state index contributed by atoms with van der Waals surface area (Å²) in [6, 6.07) is 6.39. The maximum atomic E-state index is 9.19. The summed E-state index contributed by atoms with van der Waals surface area (Å²) >= 11 is 6.43. The van der Waals surface area contributed by atoms with Gasteiger partial charge in [-0.3, -0.25) is 0 Å². The number of halogens is 1. The minimum absolute atomic E-state index is 0.0935. The van der Waals surface area contributed by atoms with Gasteiger partial charge in [-0.2, -0.15) is 0 Å². The molecule has 0 bridgehead atoms. The molecule has 4 nitrogen and oxygen atoms in total. The van der Waals surface area contributed by atoms with Crippen molar-refractivity contribution in [3.8, 4) is 0 Å². The number of anilines is 1. The van der Waals surface area contributed by atoms with E-state index >= 15 is 0 Å². The van der Waals surface area contributed by atoms with Crippen molar-refractivity contribution in [1.82, 2.24) is 5.32 Å². The van der Waals surface area contributed by atoms with E-state index in [1.54, 1.807) is 7.11 Å². The standard InChI is InChI=1S/C16H27ClN2O2/c1-4-7-18-13(2)14-5-6-16(15(17)12-14)19(8-10-20)9-11-21-3/h5-6,12-13,18,20H,4,7-11H2,1-3H3. The van der Waals surface area contributed by atoms with Crippen molar-refractivity contribution in [2.24, 2.45) is 0 Å². The molecule has 0 amide bonds. The highest BCUT2D eigenvalue weighted by Crippen LogP contribution is 2.29. The SMILES string of the molecule is CCCNC(C)c1ccc(N(CCO)CCOC)c(Cl)c1. The topological polar surface area (TPSA) is 44.7 Å². The predicted octanol–water partition coefficient (Wildman–Crippen LogP) is 2.85. The largest absolute Gasteiger partial charge is 0.395 e. The molecule has 0 aliphatic rings. The summed E-state index contributed by atoms with van der Waals surface area (Å²) in [6.07, 6.45) is 1.11. The van der Waals surface area contributed by atoms with Gasteiger partial charge in [0, 0.05) is 26.2 Å². The quantitative estimate of drug-likeness (QED) is 0.697. The second kappa shape index (κ2) is 10.0. The third-order valence-corrected chi connectivity index (χ3v) is 3.75. The lowest BCUT2D eigenvalue weighted by Gasteiger charge is -2.25. The maximum Gasteiger partial charge on any atom is 0.0642 e. The van der Waals surface area contributed by atoms with Crippen LogP contribution in [0.2, 0.25) is 5.02 Å². The summed E-state index contributed by atoms with van der Waals surface area (Å²) in [7, 11) is 1.67. The minimum Gasteiger partial charge on any atom is -0.395 e. The summed E-state index contributed by atoms with van der Waals surface area (Å²) in [5.41, 5.74) is 2.11. The molecule has 0 spiro atoms. The third kappa shape index (κ3) is 5.83. The fourth-order valence-corrected chi connectivity index (χ4v) is 2.51. The molecule has 1 aromatic rings. The average Bonchev–Trinajstić information content (AvgIpc) is 2.49. The average molecular weight is 315 g/mol. The molecule has 1 rings (SSSR count). The Morgan fingerprint density at radius 1 is 1.38 bits per heavy atom. The number of aliphatic hydroxyl groups is 1. The molecule has 0 heterocycles. The van der Waals surface area contributed by atoms with Crippen LogP contribution in [0, 0.1) is 0 Å². The first-order chi connectivity index (χ1) is 10.1. The predicted molar refractivity (Wildman–Crippen MR) is 89.3 cm³/mol. The van der Waals surface area contributed by atoms with Crippen LogP contribution < -0.4 is 10.2 Å². The van der Waals surface area contributed by atoms with Crippen molar-refractivity contribution in [2.75, 3.05) is 44.9 Å². The lowest BCUT2D eigenvalue weighted by atomic mass is 10.1. The highest BCUT2D eigenvalue weighted by molar-refractivity contribution is 6.33. The molecule has 1 aromatic carbocycles. The molecule has 0 fully saturated rings. The minimum atomic E-state index is 0.0935. The zero-order chi connectivity index (χ0) is 15.7. The van der Waals surface area contributed by atoms with Crippen molar-refractivity contribution in [2.45, 2.75) is 26.3 Å². The molecule has 0 aromatic heterocycles.